The molecule has 0 unspecified atom stereocenters. The predicted octanol–water partition coefficient (Wildman–Crippen LogP) is 5.01. The third-order valence-electron chi connectivity index (χ3n) is 4.62. The van der Waals surface area contributed by atoms with E-state index in [9.17, 15) is 14.4 Å². The topological polar surface area (TPSA) is 106 Å². The molecule has 182 valence electrons. The number of allylic oxidation sites excluding steroid dienone is 1. The lowest BCUT2D eigenvalue weighted by molar-refractivity contribution is 0.00137. The van der Waals surface area contributed by atoms with E-state index in [1.165, 1.54) is 10.6 Å². The Morgan fingerprint density at radius 3 is 2.12 bits per heavy atom. The van der Waals surface area contributed by atoms with Crippen LogP contribution in [0.1, 0.15) is 73.2 Å². The molecule has 9 nitrogen and oxygen atoms in total. The molecule has 9 heteroatoms. The number of hydrogen-bond acceptors (Lipinski definition) is 8. The Kier molecular flexibility index (Phi) is 7.46. The first-order valence-electron chi connectivity index (χ1n) is 10.8. The highest BCUT2D eigenvalue weighted by Gasteiger charge is 2.30. The molecular formula is C24H34N2O7. The summed E-state index contributed by atoms with van der Waals surface area (Å²) in [5.41, 5.74) is -2.27. The minimum Gasteiger partial charge on any atom is -0.428 e. The Balaban J connectivity index is 2.53. The largest absolute Gasteiger partial charge is 0.515 e. The third kappa shape index (κ3) is 7.20. The number of carbonyl (C=O) groups excluding carboxylic acids is 2. The molecule has 0 amide bonds. The number of ether oxygens (including phenoxy) is 4. The average Bonchev–Trinajstić information content (AvgIpc) is 3.12. The predicted molar refractivity (Wildman–Crippen MR) is 123 cm³/mol. The van der Waals surface area contributed by atoms with Crippen molar-refractivity contribution in [2.24, 2.45) is 5.41 Å². The lowest BCUT2D eigenvalue weighted by Gasteiger charge is -2.25. The summed E-state index contributed by atoms with van der Waals surface area (Å²) >= 11 is 0. The van der Waals surface area contributed by atoms with E-state index in [2.05, 4.69) is 11.6 Å². The summed E-state index contributed by atoms with van der Waals surface area (Å²) in [5, 5.41) is 0. The zero-order chi connectivity index (χ0) is 25.2. The summed E-state index contributed by atoms with van der Waals surface area (Å²) in [6.45, 7) is 18.1. The van der Waals surface area contributed by atoms with Crippen LogP contribution in [0.5, 0.6) is 5.88 Å². The van der Waals surface area contributed by atoms with Gasteiger partial charge in [-0.05, 0) is 68.2 Å². The van der Waals surface area contributed by atoms with Gasteiger partial charge in [-0.2, -0.15) is 0 Å². The van der Waals surface area contributed by atoms with E-state index >= 15 is 0 Å². The van der Waals surface area contributed by atoms with Crippen LogP contribution in [0, 0.1) is 5.41 Å². The zero-order valence-corrected chi connectivity index (χ0v) is 20.7. The smallest absolute Gasteiger partial charge is 0.428 e. The van der Waals surface area contributed by atoms with Crippen molar-refractivity contribution in [3.8, 4) is 5.88 Å². The van der Waals surface area contributed by atoms with Crippen molar-refractivity contribution >= 4 is 18.4 Å². The maximum Gasteiger partial charge on any atom is 0.515 e. The van der Waals surface area contributed by atoms with Crippen molar-refractivity contribution in [2.45, 2.75) is 86.0 Å². The summed E-state index contributed by atoms with van der Waals surface area (Å²) in [6, 6.07) is 0. The van der Waals surface area contributed by atoms with E-state index in [4.69, 9.17) is 18.9 Å². The van der Waals surface area contributed by atoms with Crippen molar-refractivity contribution in [3.05, 3.63) is 40.2 Å². The first kappa shape index (κ1) is 26.2. The molecule has 0 saturated heterocycles. The van der Waals surface area contributed by atoms with Crippen molar-refractivity contribution < 1.29 is 28.5 Å². The number of rotatable bonds is 5. The van der Waals surface area contributed by atoms with Gasteiger partial charge in [0.2, 0.25) is 5.88 Å². The summed E-state index contributed by atoms with van der Waals surface area (Å²) < 4.78 is 22.8. The van der Waals surface area contributed by atoms with Crippen LogP contribution in [0.2, 0.25) is 0 Å². The molecule has 1 aliphatic heterocycles. The normalized spacial score (nSPS) is 14.4. The van der Waals surface area contributed by atoms with Crippen LogP contribution in [0.4, 0.5) is 9.59 Å². The van der Waals surface area contributed by atoms with Crippen LogP contribution in [0.3, 0.4) is 0 Å². The third-order valence-corrected chi connectivity index (χ3v) is 4.62. The van der Waals surface area contributed by atoms with Gasteiger partial charge in [0.1, 0.15) is 22.7 Å². The molecule has 1 aromatic rings. The quantitative estimate of drug-likeness (QED) is 0.342. The lowest BCUT2D eigenvalue weighted by atomic mass is 9.90. The molecule has 0 radical (unpaired) electrons. The zero-order valence-electron chi connectivity index (χ0n) is 20.7. The van der Waals surface area contributed by atoms with Gasteiger partial charge in [0.05, 0.1) is 5.69 Å². The van der Waals surface area contributed by atoms with Gasteiger partial charge in [-0.1, -0.05) is 6.08 Å². The number of aromatic nitrogens is 2. The van der Waals surface area contributed by atoms with Crippen molar-refractivity contribution in [2.75, 3.05) is 0 Å². The first-order valence-corrected chi connectivity index (χ1v) is 10.8. The van der Waals surface area contributed by atoms with Crippen molar-refractivity contribution in [1.82, 2.24) is 9.55 Å². The Morgan fingerprint density at radius 2 is 1.58 bits per heavy atom. The molecule has 2 rings (SSSR count). The van der Waals surface area contributed by atoms with E-state index < -0.39 is 28.9 Å². The molecule has 0 atom stereocenters. The summed E-state index contributed by atoms with van der Waals surface area (Å²) in [4.78, 5) is 41.9. The maximum atomic E-state index is 13.1. The molecule has 0 aliphatic carbocycles. The van der Waals surface area contributed by atoms with Gasteiger partial charge in [-0.3, -0.25) is 4.79 Å². The average molecular weight is 463 g/mol. The Hall–Kier alpha value is -3.10. The van der Waals surface area contributed by atoms with E-state index in [0.717, 1.165) is 0 Å². The monoisotopic (exact) mass is 462 g/mol. The number of nitrogens with zero attached hydrogens (tertiary/aromatic N) is 2. The van der Waals surface area contributed by atoms with Gasteiger partial charge < -0.3 is 23.5 Å². The van der Waals surface area contributed by atoms with Gasteiger partial charge >= 0.3 is 12.3 Å². The fraction of sp³-hybridized carbons (Fsp3) is 0.583. The first-order chi connectivity index (χ1) is 15.0. The SMILES string of the molecule is C=CC(C)(C)/C(=C\c1nc(OC(=O)OC(C)(C)C)c2n(c1=O)CCC2)OC(=O)OC(C)(C)C. The summed E-state index contributed by atoms with van der Waals surface area (Å²) in [7, 11) is 0. The standard InChI is InChI=1S/C24H34N2O7/c1-10-24(8,9)17(30-20(28)32-22(2,3)4)14-15-19(27)26-13-11-12-16(26)18(25-15)31-21(29)33-23(5,6)7/h10,14H,1,11-13H2,2-9H3/b17-14+. The van der Waals surface area contributed by atoms with Crippen LogP contribution in [0.25, 0.3) is 6.08 Å². The second-order valence-electron chi connectivity index (χ2n) is 10.4. The maximum absolute atomic E-state index is 13.1. The van der Waals surface area contributed by atoms with Gasteiger partial charge in [0.25, 0.3) is 5.56 Å². The van der Waals surface area contributed by atoms with Crippen molar-refractivity contribution in [1.29, 1.82) is 0 Å². The molecule has 0 bridgehead atoms. The van der Waals surface area contributed by atoms with E-state index in [0.29, 0.717) is 25.1 Å². The Morgan fingerprint density at radius 1 is 1.00 bits per heavy atom. The summed E-state index contributed by atoms with van der Waals surface area (Å²) in [6.07, 6.45) is 2.32. The van der Waals surface area contributed by atoms with Crippen LogP contribution in [0.15, 0.2) is 23.2 Å². The fourth-order valence-corrected chi connectivity index (χ4v) is 2.94. The Labute approximate surface area is 194 Å². The molecule has 0 spiro atoms. The van der Waals surface area contributed by atoms with Crippen LogP contribution in [-0.4, -0.2) is 33.1 Å². The van der Waals surface area contributed by atoms with E-state index in [-0.39, 0.29) is 22.9 Å². The van der Waals surface area contributed by atoms with Gasteiger partial charge in [0, 0.05) is 18.0 Å². The van der Waals surface area contributed by atoms with Gasteiger partial charge in [0.15, 0.2) is 0 Å². The molecule has 0 aromatic carbocycles. The molecule has 0 N–H and O–H groups in total. The second-order valence-corrected chi connectivity index (χ2v) is 10.4. The Bertz CT molecular complexity index is 1020. The molecule has 0 saturated carbocycles. The molecule has 33 heavy (non-hydrogen) atoms. The van der Waals surface area contributed by atoms with Crippen LogP contribution in [-0.2, 0) is 27.2 Å². The number of fused-ring (bicyclic) bond motifs is 1. The van der Waals surface area contributed by atoms with E-state index in [1.807, 2.05) is 0 Å². The molecule has 0 fully saturated rings. The fourth-order valence-electron chi connectivity index (χ4n) is 2.94. The minimum atomic E-state index is -0.921. The molecule has 1 aliphatic rings. The highest BCUT2D eigenvalue weighted by atomic mass is 16.7. The summed E-state index contributed by atoms with van der Waals surface area (Å²) in [5.74, 6) is 0.0961. The van der Waals surface area contributed by atoms with Gasteiger partial charge in [-0.15, -0.1) is 6.58 Å². The van der Waals surface area contributed by atoms with Gasteiger partial charge in [-0.25, -0.2) is 14.6 Å². The molecular weight excluding hydrogens is 428 g/mol. The number of hydrogen-bond donors (Lipinski definition) is 0. The molecule has 1 aromatic heterocycles. The van der Waals surface area contributed by atoms with Crippen LogP contribution >= 0.6 is 0 Å². The minimum absolute atomic E-state index is 0.0133. The van der Waals surface area contributed by atoms with Crippen molar-refractivity contribution in [3.63, 3.8) is 0 Å². The second kappa shape index (κ2) is 9.41. The highest BCUT2D eigenvalue weighted by molar-refractivity contribution is 5.66. The lowest BCUT2D eigenvalue weighted by Crippen LogP contribution is -2.29. The van der Waals surface area contributed by atoms with E-state index in [1.54, 1.807) is 61.5 Å². The highest BCUT2D eigenvalue weighted by Crippen LogP contribution is 2.31. The van der Waals surface area contributed by atoms with Crippen LogP contribution < -0.4 is 10.3 Å². The number of carbonyl (C=O) groups is 2. The molecule has 2 heterocycles.